The van der Waals surface area contributed by atoms with Crippen molar-refractivity contribution in [2.45, 2.75) is 12.6 Å². The molecular formula is C21H19ClF2N2O3. The molecular weight excluding hydrogens is 402 g/mol. The number of hydrogen-bond donors (Lipinski definition) is 1. The highest BCUT2D eigenvalue weighted by Gasteiger charge is 2.37. The van der Waals surface area contributed by atoms with Crippen LogP contribution in [-0.2, 0) is 14.4 Å². The number of benzene rings is 2. The fraction of sp³-hybridized carbons (Fsp3) is 0.238. The highest BCUT2D eigenvalue weighted by Crippen LogP contribution is 2.34. The molecule has 0 aromatic heterocycles. The van der Waals surface area contributed by atoms with Crippen molar-refractivity contribution in [3.05, 3.63) is 65.0 Å². The normalized spacial score (nSPS) is 18.3. The molecule has 1 aliphatic carbocycles. The van der Waals surface area contributed by atoms with Gasteiger partial charge in [-0.15, -0.1) is 0 Å². The maximum Gasteiger partial charge on any atom is 0.273 e. The largest absolute Gasteiger partial charge is 0.323 e. The van der Waals surface area contributed by atoms with Crippen LogP contribution in [0.3, 0.4) is 0 Å². The second kappa shape index (κ2) is 8.71. The van der Waals surface area contributed by atoms with Gasteiger partial charge in [0.2, 0.25) is 5.91 Å². The number of allylic oxidation sites excluding steroid dienone is 1. The molecule has 0 aliphatic heterocycles. The van der Waals surface area contributed by atoms with E-state index in [0.717, 1.165) is 11.1 Å². The number of likely N-dealkylation sites (N-methyl/N-ethyl adjacent to an activating group) is 1. The molecule has 3 rings (SSSR count). The standard InChI is InChI=1S/C21H19ClF2N2O3/c1-26(29-2)21(28)16-11-12(23)10-15(16)20(27)25-18-9-5-7-14(19(18)24)13-6-3-4-8-17(13)22/h3-9,11-12,15H,10H2,1-2H3,(H,25,27)/t12?,15-/m1/s1. The number of carbonyl (C=O) groups excluding carboxylic acids is 2. The van der Waals surface area contributed by atoms with Crippen molar-refractivity contribution in [3.8, 4) is 11.1 Å². The van der Waals surface area contributed by atoms with Crippen LogP contribution in [0.2, 0.25) is 5.02 Å². The van der Waals surface area contributed by atoms with Gasteiger partial charge in [-0.2, -0.15) is 0 Å². The van der Waals surface area contributed by atoms with Crippen LogP contribution in [0.25, 0.3) is 11.1 Å². The molecule has 1 unspecified atom stereocenters. The zero-order valence-electron chi connectivity index (χ0n) is 15.8. The average Bonchev–Trinajstić information content (AvgIpc) is 3.11. The Hall–Kier alpha value is -2.77. The molecule has 29 heavy (non-hydrogen) atoms. The van der Waals surface area contributed by atoms with Gasteiger partial charge in [0.1, 0.15) is 6.17 Å². The third-order valence-electron chi connectivity index (χ3n) is 4.74. The molecule has 152 valence electrons. The molecule has 1 N–H and O–H groups in total. The zero-order chi connectivity index (χ0) is 21.1. The van der Waals surface area contributed by atoms with Crippen LogP contribution in [0.15, 0.2) is 54.1 Å². The minimum absolute atomic E-state index is 0.0259. The molecule has 0 fully saturated rings. The van der Waals surface area contributed by atoms with Gasteiger partial charge < -0.3 is 5.32 Å². The quantitative estimate of drug-likeness (QED) is 0.730. The summed E-state index contributed by atoms with van der Waals surface area (Å²) in [5.41, 5.74) is 0.586. The third-order valence-corrected chi connectivity index (χ3v) is 5.07. The Bertz CT molecular complexity index is 980. The summed E-state index contributed by atoms with van der Waals surface area (Å²) in [6.45, 7) is 0. The summed E-state index contributed by atoms with van der Waals surface area (Å²) in [6.07, 6.45) is -0.552. The molecule has 0 radical (unpaired) electrons. The van der Waals surface area contributed by atoms with Crippen LogP contribution in [-0.4, -0.2) is 37.2 Å². The van der Waals surface area contributed by atoms with E-state index in [4.69, 9.17) is 16.4 Å². The molecule has 5 nitrogen and oxygen atoms in total. The van der Waals surface area contributed by atoms with E-state index in [1.165, 1.54) is 20.2 Å². The Balaban J connectivity index is 1.86. The Morgan fingerprint density at radius 2 is 1.86 bits per heavy atom. The monoisotopic (exact) mass is 420 g/mol. The minimum atomic E-state index is -1.45. The first-order chi connectivity index (χ1) is 13.8. The van der Waals surface area contributed by atoms with E-state index < -0.39 is 29.7 Å². The number of nitrogens with zero attached hydrogens (tertiary/aromatic N) is 1. The fourth-order valence-corrected chi connectivity index (χ4v) is 3.44. The number of anilines is 1. The fourth-order valence-electron chi connectivity index (χ4n) is 3.20. The van der Waals surface area contributed by atoms with Crippen molar-refractivity contribution >= 4 is 29.1 Å². The molecule has 0 saturated heterocycles. The smallest absolute Gasteiger partial charge is 0.273 e. The van der Waals surface area contributed by atoms with Crippen molar-refractivity contribution in [2.24, 2.45) is 5.92 Å². The average molecular weight is 421 g/mol. The number of carbonyl (C=O) groups is 2. The van der Waals surface area contributed by atoms with Crippen LogP contribution in [0, 0.1) is 11.7 Å². The summed E-state index contributed by atoms with van der Waals surface area (Å²) < 4.78 is 28.9. The lowest BCUT2D eigenvalue weighted by Crippen LogP contribution is -2.33. The van der Waals surface area contributed by atoms with E-state index in [1.807, 2.05) is 0 Å². The number of amides is 2. The van der Waals surface area contributed by atoms with Crippen LogP contribution in [0.1, 0.15) is 6.42 Å². The lowest BCUT2D eigenvalue weighted by molar-refractivity contribution is -0.164. The summed E-state index contributed by atoms with van der Waals surface area (Å²) in [5, 5.41) is 3.74. The van der Waals surface area contributed by atoms with Crippen LogP contribution >= 0.6 is 11.6 Å². The van der Waals surface area contributed by atoms with E-state index >= 15 is 4.39 Å². The predicted molar refractivity (Wildman–Crippen MR) is 106 cm³/mol. The molecule has 1 aliphatic rings. The van der Waals surface area contributed by atoms with Crippen molar-refractivity contribution in [1.82, 2.24) is 5.06 Å². The Labute approximate surface area is 171 Å². The summed E-state index contributed by atoms with van der Waals surface area (Å²) in [5.74, 6) is -3.03. The molecule has 8 heteroatoms. The van der Waals surface area contributed by atoms with Gasteiger partial charge >= 0.3 is 0 Å². The summed E-state index contributed by atoms with van der Waals surface area (Å²) in [6, 6.07) is 11.3. The van der Waals surface area contributed by atoms with Gasteiger partial charge in [-0.25, -0.2) is 13.8 Å². The van der Waals surface area contributed by atoms with Crippen molar-refractivity contribution < 1.29 is 23.2 Å². The number of rotatable bonds is 5. The molecule has 0 bridgehead atoms. The summed E-state index contributed by atoms with van der Waals surface area (Å²) in [4.78, 5) is 29.9. The molecule has 0 saturated carbocycles. The van der Waals surface area contributed by atoms with E-state index in [1.54, 1.807) is 36.4 Å². The van der Waals surface area contributed by atoms with E-state index in [0.29, 0.717) is 10.6 Å². The van der Waals surface area contributed by atoms with Gasteiger partial charge in [0.15, 0.2) is 5.82 Å². The second-order valence-corrected chi connectivity index (χ2v) is 6.95. The summed E-state index contributed by atoms with van der Waals surface area (Å²) in [7, 11) is 2.64. The number of alkyl halides is 1. The van der Waals surface area contributed by atoms with Crippen molar-refractivity contribution in [1.29, 1.82) is 0 Å². The van der Waals surface area contributed by atoms with Gasteiger partial charge in [-0.05, 0) is 24.6 Å². The maximum absolute atomic E-state index is 15.0. The van der Waals surface area contributed by atoms with Gasteiger partial charge in [-0.3, -0.25) is 14.4 Å². The van der Waals surface area contributed by atoms with E-state index in [2.05, 4.69) is 5.32 Å². The second-order valence-electron chi connectivity index (χ2n) is 6.55. The van der Waals surface area contributed by atoms with E-state index in [-0.39, 0.29) is 23.2 Å². The molecule has 2 aromatic rings. The summed E-state index contributed by atoms with van der Waals surface area (Å²) >= 11 is 6.15. The highest BCUT2D eigenvalue weighted by atomic mass is 35.5. The lowest BCUT2D eigenvalue weighted by Gasteiger charge is -2.19. The van der Waals surface area contributed by atoms with Gasteiger partial charge in [-0.1, -0.05) is 41.9 Å². The topological polar surface area (TPSA) is 58.6 Å². The first-order valence-electron chi connectivity index (χ1n) is 8.85. The Morgan fingerprint density at radius 1 is 1.17 bits per heavy atom. The van der Waals surface area contributed by atoms with Crippen LogP contribution in [0.4, 0.5) is 14.5 Å². The highest BCUT2D eigenvalue weighted by molar-refractivity contribution is 6.33. The van der Waals surface area contributed by atoms with E-state index in [9.17, 15) is 14.0 Å². The Kier molecular flexibility index (Phi) is 6.30. The van der Waals surface area contributed by atoms with Gasteiger partial charge in [0.25, 0.3) is 5.91 Å². The maximum atomic E-state index is 15.0. The third kappa shape index (κ3) is 4.31. The van der Waals surface area contributed by atoms with Crippen molar-refractivity contribution in [2.75, 3.05) is 19.5 Å². The minimum Gasteiger partial charge on any atom is -0.323 e. The molecule has 0 heterocycles. The number of hydrogen-bond acceptors (Lipinski definition) is 3. The first-order valence-corrected chi connectivity index (χ1v) is 9.23. The number of hydroxylamine groups is 2. The zero-order valence-corrected chi connectivity index (χ0v) is 16.5. The van der Waals surface area contributed by atoms with Gasteiger partial charge in [0, 0.05) is 28.8 Å². The molecule has 0 spiro atoms. The lowest BCUT2D eigenvalue weighted by atomic mass is 9.99. The Morgan fingerprint density at radius 3 is 2.55 bits per heavy atom. The molecule has 2 amide bonds. The molecule has 2 atom stereocenters. The van der Waals surface area contributed by atoms with Gasteiger partial charge in [0.05, 0.1) is 18.7 Å². The van der Waals surface area contributed by atoms with Crippen molar-refractivity contribution in [3.63, 3.8) is 0 Å². The van der Waals surface area contributed by atoms with Crippen LogP contribution < -0.4 is 5.32 Å². The number of nitrogens with one attached hydrogen (secondary N) is 1. The molecule has 2 aromatic carbocycles. The first kappa shape index (κ1) is 21.0. The number of halogens is 3. The SMILES string of the molecule is CON(C)C(=O)C1=CC(F)C[C@H]1C(=O)Nc1cccc(-c2ccccc2Cl)c1F. The predicted octanol–water partition coefficient (Wildman–Crippen LogP) is 4.39. The van der Waals surface area contributed by atoms with Crippen LogP contribution in [0.5, 0.6) is 0 Å².